The van der Waals surface area contributed by atoms with Crippen LogP contribution in [0.3, 0.4) is 0 Å². The number of rotatable bonds is 10. The fourth-order valence-corrected chi connectivity index (χ4v) is 2.97. The molecule has 0 amide bonds. The number of unbranched alkanes of at least 4 members (excludes halogenated alkanes) is 3. The average molecular weight is 407 g/mol. The van der Waals surface area contributed by atoms with E-state index in [1.165, 1.54) is 4.80 Å². The minimum Gasteiger partial charge on any atom is -0.463 e. The molecule has 7 heteroatoms. The van der Waals surface area contributed by atoms with Crippen LogP contribution in [0.25, 0.3) is 16.7 Å². The Labute approximate surface area is 175 Å². The fraction of sp³-hybridized carbons (Fsp3) is 0.304. The summed E-state index contributed by atoms with van der Waals surface area (Å²) in [5.74, 6) is -0.274. The summed E-state index contributed by atoms with van der Waals surface area (Å²) >= 11 is 0. The van der Waals surface area contributed by atoms with Crippen molar-refractivity contribution in [1.29, 1.82) is 0 Å². The highest BCUT2D eigenvalue weighted by Gasteiger charge is 2.14. The molecule has 0 aliphatic heterocycles. The highest BCUT2D eigenvalue weighted by Crippen LogP contribution is 2.25. The lowest BCUT2D eigenvalue weighted by Gasteiger charge is -2.10. The van der Waals surface area contributed by atoms with Crippen LogP contribution >= 0.6 is 0 Å². The molecule has 3 rings (SSSR count). The summed E-state index contributed by atoms with van der Waals surface area (Å²) in [5.41, 5.74) is 3.19. The largest absolute Gasteiger partial charge is 0.463 e. The van der Waals surface area contributed by atoms with E-state index in [4.69, 9.17) is 9.47 Å². The monoisotopic (exact) mass is 407 g/mol. The highest BCUT2D eigenvalue weighted by molar-refractivity contribution is 5.81. The van der Waals surface area contributed by atoms with Crippen molar-refractivity contribution in [1.82, 2.24) is 15.0 Å². The minimum atomic E-state index is -0.410. The van der Waals surface area contributed by atoms with Crippen LogP contribution in [0.5, 0.6) is 5.75 Å². The molecule has 3 aromatic rings. The Morgan fingerprint density at radius 3 is 2.43 bits per heavy atom. The van der Waals surface area contributed by atoms with Gasteiger partial charge in [0.15, 0.2) is 5.75 Å². The molecule has 7 nitrogen and oxygen atoms in total. The number of aromatic nitrogens is 3. The number of esters is 2. The molecule has 0 atom stereocenters. The molecule has 0 aliphatic carbocycles. The van der Waals surface area contributed by atoms with Crippen LogP contribution in [0.4, 0.5) is 0 Å². The van der Waals surface area contributed by atoms with Gasteiger partial charge in [0.2, 0.25) is 0 Å². The quantitative estimate of drug-likeness (QED) is 0.215. The zero-order valence-corrected chi connectivity index (χ0v) is 17.0. The number of hydrogen-bond donors (Lipinski definition) is 0. The summed E-state index contributed by atoms with van der Waals surface area (Å²) in [6.45, 7) is 5.68. The summed E-state index contributed by atoms with van der Waals surface area (Å²) < 4.78 is 10.5. The fourth-order valence-electron chi connectivity index (χ4n) is 2.97. The minimum absolute atomic E-state index is 0.296. The van der Waals surface area contributed by atoms with E-state index in [0.29, 0.717) is 30.9 Å². The van der Waals surface area contributed by atoms with E-state index < -0.39 is 5.97 Å². The molecule has 1 heterocycles. The van der Waals surface area contributed by atoms with Crippen LogP contribution in [-0.2, 0) is 14.3 Å². The zero-order valence-electron chi connectivity index (χ0n) is 17.0. The molecule has 0 saturated heterocycles. The predicted molar refractivity (Wildman–Crippen MR) is 113 cm³/mol. The molecular weight excluding hydrogens is 382 g/mol. The maximum absolute atomic E-state index is 12.3. The summed E-state index contributed by atoms with van der Waals surface area (Å²) in [4.78, 5) is 24.8. The van der Waals surface area contributed by atoms with Crippen molar-refractivity contribution >= 4 is 23.0 Å². The van der Waals surface area contributed by atoms with Gasteiger partial charge in [0.25, 0.3) is 0 Å². The lowest BCUT2D eigenvalue weighted by molar-refractivity contribution is -0.137. The van der Waals surface area contributed by atoms with Crippen molar-refractivity contribution in [3.05, 3.63) is 60.7 Å². The van der Waals surface area contributed by atoms with Gasteiger partial charge >= 0.3 is 11.9 Å². The second-order valence-corrected chi connectivity index (χ2v) is 6.96. The summed E-state index contributed by atoms with van der Waals surface area (Å²) in [5, 5.41) is 8.97. The normalized spacial score (nSPS) is 10.7. The molecule has 0 aliphatic rings. The topological polar surface area (TPSA) is 83.3 Å². The second-order valence-electron chi connectivity index (χ2n) is 6.96. The first-order valence-electron chi connectivity index (χ1n) is 10.00. The first-order chi connectivity index (χ1) is 14.6. The number of nitrogens with zero attached hydrogens (tertiary/aromatic N) is 3. The van der Waals surface area contributed by atoms with Gasteiger partial charge in [-0.15, -0.1) is 15.0 Å². The molecule has 0 saturated carbocycles. The number of ether oxygens (including phenoxy) is 2. The van der Waals surface area contributed by atoms with Gasteiger partial charge in [-0.1, -0.05) is 37.6 Å². The SMILES string of the molecule is C=CC(=O)OCCCCCCC(=O)Oc1ccc(C)cc1-n1nc2ccccc2n1. The van der Waals surface area contributed by atoms with E-state index >= 15 is 0 Å². The Morgan fingerprint density at radius 1 is 1.03 bits per heavy atom. The standard InChI is InChI=1S/C23H25N3O4/c1-3-22(27)29-15-9-5-4-6-12-23(28)30-21-14-13-17(2)16-20(21)26-24-18-10-7-8-11-19(18)25-26/h3,7-8,10-11,13-14,16H,1,4-6,9,12,15H2,2H3. The van der Waals surface area contributed by atoms with Crippen molar-refractivity contribution < 1.29 is 19.1 Å². The second kappa shape index (κ2) is 10.3. The third kappa shape index (κ3) is 5.76. The molecule has 0 N–H and O–H groups in total. The first-order valence-corrected chi connectivity index (χ1v) is 10.00. The van der Waals surface area contributed by atoms with Crippen LogP contribution in [0.15, 0.2) is 55.1 Å². The maximum atomic E-state index is 12.3. The molecule has 0 radical (unpaired) electrons. The lowest BCUT2D eigenvalue weighted by atomic mass is 10.1. The lowest BCUT2D eigenvalue weighted by Crippen LogP contribution is -2.11. The Hall–Kier alpha value is -3.48. The summed E-state index contributed by atoms with van der Waals surface area (Å²) in [6.07, 6.45) is 4.66. The van der Waals surface area contributed by atoms with Crippen molar-refractivity contribution in [2.75, 3.05) is 6.61 Å². The zero-order chi connectivity index (χ0) is 21.3. The Morgan fingerprint density at radius 2 is 1.73 bits per heavy atom. The smallest absolute Gasteiger partial charge is 0.330 e. The number of fused-ring (bicyclic) bond motifs is 1. The van der Waals surface area contributed by atoms with E-state index in [0.717, 1.165) is 41.9 Å². The van der Waals surface area contributed by atoms with Crippen molar-refractivity contribution in [3.63, 3.8) is 0 Å². The first kappa shape index (κ1) is 21.2. The van der Waals surface area contributed by atoms with Gasteiger partial charge in [0, 0.05) is 12.5 Å². The van der Waals surface area contributed by atoms with E-state index in [2.05, 4.69) is 16.8 Å². The Balaban J connectivity index is 1.54. The molecule has 1 aromatic heterocycles. The van der Waals surface area contributed by atoms with Gasteiger partial charge in [-0.25, -0.2) is 4.79 Å². The van der Waals surface area contributed by atoms with E-state index in [-0.39, 0.29) is 5.97 Å². The summed E-state index contributed by atoms with van der Waals surface area (Å²) in [7, 11) is 0. The highest BCUT2D eigenvalue weighted by atomic mass is 16.5. The van der Waals surface area contributed by atoms with Crippen LogP contribution in [0, 0.1) is 6.92 Å². The molecule has 0 unspecified atom stereocenters. The Bertz CT molecular complexity index is 1010. The molecule has 2 aromatic carbocycles. The molecule has 156 valence electrons. The van der Waals surface area contributed by atoms with Gasteiger partial charge in [-0.2, -0.15) is 0 Å². The number of hydrogen-bond acceptors (Lipinski definition) is 6. The van der Waals surface area contributed by atoms with E-state index in [1.807, 2.05) is 43.3 Å². The van der Waals surface area contributed by atoms with Gasteiger partial charge < -0.3 is 9.47 Å². The number of carbonyl (C=O) groups excluding carboxylic acids is 2. The van der Waals surface area contributed by atoms with Crippen LogP contribution in [0.1, 0.15) is 37.7 Å². The van der Waals surface area contributed by atoms with Crippen molar-refractivity contribution in [2.45, 2.75) is 39.0 Å². The number of aryl methyl sites for hydroxylation is 1. The van der Waals surface area contributed by atoms with Crippen molar-refractivity contribution in [3.8, 4) is 11.4 Å². The van der Waals surface area contributed by atoms with Crippen LogP contribution in [-0.4, -0.2) is 33.5 Å². The van der Waals surface area contributed by atoms with Gasteiger partial charge in [0.05, 0.1) is 6.61 Å². The van der Waals surface area contributed by atoms with E-state index in [9.17, 15) is 9.59 Å². The summed E-state index contributed by atoms with van der Waals surface area (Å²) in [6, 6.07) is 13.1. The molecule has 0 bridgehead atoms. The third-order valence-electron chi connectivity index (χ3n) is 4.53. The predicted octanol–water partition coefficient (Wildman–Crippen LogP) is 4.31. The number of carbonyl (C=O) groups is 2. The Kier molecular flexibility index (Phi) is 7.32. The molecular formula is C23H25N3O4. The average Bonchev–Trinajstić information content (AvgIpc) is 3.18. The van der Waals surface area contributed by atoms with Gasteiger partial charge in [-0.05, 0) is 49.6 Å². The van der Waals surface area contributed by atoms with E-state index in [1.54, 1.807) is 6.07 Å². The number of benzene rings is 2. The molecule has 0 spiro atoms. The van der Waals surface area contributed by atoms with Gasteiger partial charge in [-0.3, -0.25) is 4.79 Å². The van der Waals surface area contributed by atoms with Crippen molar-refractivity contribution in [2.24, 2.45) is 0 Å². The molecule has 30 heavy (non-hydrogen) atoms. The van der Waals surface area contributed by atoms with Gasteiger partial charge in [0.1, 0.15) is 16.7 Å². The van der Waals surface area contributed by atoms with Crippen LogP contribution < -0.4 is 4.74 Å². The van der Waals surface area contributed by atoms with Crippen LogP contribution in [0.2, 0.25) is 0 Å². The molecule has 0 fully saturated rings. The third-order valence-corrected chi connectivity index (χ3v) is 4.53. The maximum Gasteiger partial charge on any atom is 0.330 e.